The molecule has 160 valence electrons. The second-order valence-corrected chi connectivity index (χ2v) is 7.82. The zero-order valence-electron chi connectivity index (χ0n) is 18.5. The molecule has 0 bridgehead atoms. The SMILES string of the molecule is COc1cc(-c2cnc(C)n2C)ccc1Nc1cc2cc(-c3cnn(C)c3)ccc2cn1. The molecule has 0 aliphatic rings. The molecule has 0 aliphatic heterocycles. The lowest BCUT2D eigenvalue weighted by molar-refractivity contribution is 0.417. The van der Waals surface area contributed by atoms with Crippen molar-refractivity contribution in [1.82, 2.24) is 24.3 Å². The minimum Gasteiger partial charge on any atom is -0.495 e. The summed E-state index contributed by atoms with van der Waals surface area (Å²) in [5, 5.41) is 9.86. The van der Waals surface area contributed by atoms with Crippen LogP contribution in [0.5, 0.6) is 5.75 Å². The quantitative estimate of drug-likeness (QED) is 0.425. The molecule has 5 rings (SSSR count). The predicted molar refractivity (Wildman–Crippen MR) is 127 cm³/mol. The van der Waals surface area contributed by atoms with Crippen LogP contribution in [-0.2, 0) is 14.1 Å². The van der Waals surface area contributed by atoms with Crippen molar-refractivity contribution in [2.24, 2.45) is 14.1 Å². The van der Waals surface area contributed by atoms with Gasteiger partial charge < -0.3 is 14.6 Å². The van der Waals surface area contributed by atoms with E-state index in [-0.39, 0.29) is 0 Å². The second kappa shape index (κ2) is 7.85. The molecule has 0 amide bonds. The zero-order chi connectivity index (χ0) is 22.2. The Morgan fingerprint density at radius 1 is 0.844 bits per heavy atom. The van der Waals surface area contributed by atoms with Gasteiger partial charge in [0.05, 0.1) is 30.9 Å². The molecule has 0 saturated carbocycles. The van der Waals surface area contributed by atoms with Crippen molar-refractivity contribution in [2.45, 2.75) is 6.92 Å². The summed E-state index contributed by atoms with van der Waals surface area (Å²) < 4.78 is 9.53. The molecule has 0 atom stereocenters. The number of hydrogen-bond donors (Lipinski definition) is 1. The monoisotopic (exact) mass is 424 g/mol. The molecule has 0 spiro atoms. The summed E-state index contributed by atoms with van der Waals surface area (Å²) in [6.07, 6.45) is 7.64. The fraction of sp³-hybridized carbons (Fsp3) is 0.160. The van der Waals surface area contributed by atoms with Gasteiger partial charge in [0.1, 0.15) is 17.4 Å². The highest BCUT2D eigenvalue weighted by Gasteiger charge is 2.11. The number of hydrogen-bond acceptors (Lipinski definition) is 5. The minimum absolute atomic E-state index is 0.743. The summed E-state index contributed by atoms with van der Waals surface area (Å²) in [4.78, 5) is 8.97. The van der Waals surface area contributed by atoms with Gasteiger partial charge in [-0.2, -0.15) is 5.10 Å². The maximum Gasteiger partial charge on any atom is 0.143 e. The first-order valence-corrected chi connectivity index (χ1v) is 10.3. The third-order valence-corrected chi connectivity index (χ3v) is 5.74. The second-order valence-electron chi connectivity index (χ2n) is 7.82. The van der Waals surface area contributed by atoms with Gasteiger partial charge in [0.25, 0.3) is 0 Å². The van der Waals surface area contributed by atoms with Gasteiger partial charge in [-0.1, -0.05) is 18.2 Å². The van der Waals surface area contributed by atoms with Crippen molar-refractivity contribution < 1.29 is 4.74 Å². The van der Waals surface area contributed by atoms with Gasteiger partial charge in [0.2, 0.25) is 0 Å². The standard InChI is InChI=1S/C25H24N6O/c1-16-26-14-23(31(16)3)18-7-8-22(24(10-18)32-4)29-25-11-20-9-17(5-6-19(20)12-27-25)21-13-28-30(2)15-21/h5-15H,1-4H3,(H,27,29). The highest BCUT2D eigenvalue weighted by atomic mass is 16.5. The number of imidazole rings is 1. The van der Waals surface area contributed by atoms with Crippen LogP contribution in [-0.4, -0.2) is 31.4 Å². The number of pyridine rings is 1. The Kier molecular flexibility index (Phi) is 4.86. The summed E-state index contributed by atoms with van der Waals surface area (Å²) in [5.41, 5.74) is 5.15. The topological polar surface area (TPSA) is 69.8 Å². The van der Waals surface area contributed by atoms with E-state index in [9.17, 15) is 0 Å². The van der Waals surface area contributed by atoms with E-state index >= 15 is 0 Å². The Balaban J connectivity index is 1.47. The highest BCUT2D eigenvalue weighted by molar-refractivity contribution is 5.89. The average molecular weight is 425 g/mol. The van der Waals surface area contributed by atoms with Gasteiger partial charge in [-0.05, 0) is 42.1 Å². The van der Waals surface area contributed by atoms with Crippen molar-refractivity contribution >= 4 is 22.3 Å². The number of nitrogens with one attached hydrogen (secondary N) is 1. The summed E-state index contributed by atoms with van der Waals surface area (Å²) in [7, 11) is 5.60. The van der Waals surface area contributed by atoms with E-state index in [2.05, 4.69) is 49.2 Å². The first-order chi connectivity index (χ1) is 15.5. The van der Waals surface area contributed by atoms with Crippen molar-refractivity contribution in [1.29, 1.82) is 0 Å². The molecular weight excluding hydrogens is 400 g/mol. The van der Waals surface area contributed by atoms with Gasteiger partial charge >= 0.3 is 0 Å². The average Bonchev–Trinajstić information content (AvgIpc) is 3.39. The van der Waals surface area contributed by atoms with Crippen LogP contribution in [0.15, 0.2) is 67.3 Å². The molecule has 0 unspecified atom stereocenters. The highest BCUT2D eigenvalue weighted by Crippen LogP contribution is 2.33. The Morgan fingerprint density at radius 2 is 1.69 bits per heavy atom. The minimum atomic E-state index is 0.743. The molecule has 3 aromatic heterocycles. The number of ether oxygens (including phenoxy) is 1. The van der Waals surface area contributed by atoms with E-state index in [4.69, 9.17) is 4.74 Å². The zero-order valence-corrected chi connectivity index (χ0v) is 18.5. The number of aryl methyl sites for hydroxylation is 2. The Hall–Kier alpha value is -4.13. The number of nitrogens with zero attached hydrogens (tertiary/aromatic N) is 5. The Labute approximate surface area is 186 Å². The normalized spacial score (nSPS) is 11.1. The molecule has 1 N–H and O–H groups in total. The first kappa shape index (κ1) is 19.8. The van der Waals surface area contributed by atoms with E-state index in [1.165, 1.54) is 0 Å². The van der Waals surface area contributed by atoms with Crippen LogP contribution < -0.4 is 10.1 Å². The third-order valence-electron chi connectivity index (χ3n) is 5.74. The van der Waals surface area contributed by atoms with Crippen LogP contribution in [0, 0.1) is 6.92 Å². The van der Waals surface area contributed by atoms with Crippen molar-refractivity contribution in [3.8, 4) is 28.1 Å². The van der Waals surface area contributed by atoms with E-state index in [0.29, 0.717) is 0 Å². The van der Waals surface area contributed by atoms with Crippen molar-refractivity contribution in [3.63, 3.8) is 0 Å². The van der Waals surface area contributed by atoms with E-state index in [1.807, 2.05) is 68.7 Å². The lowest BCUT2D eigenvalue weighted by Crippen LogP contribution is -1.98. The predicted octanol–water partition coefficient (Wildman–Crippen LogP) is 5.10. The Bertz CT molecular complexity index is 1430. The summed E-state index contributed by atoms with van der Waals surface area (Å²) in [6.45, 7) is 1.99. The number of benzene rings is 2. The third kappa shape index (κ3) is 3.58. The molecule has 7 heteroatoms. The molecule has 0 aliphatic carbocycles. The molecule has 3 heterocycles. The van der Waals surface area contributed by atoms with Crippen LogP contribution in [0.4, 0.5) is 11.5 Å². The van der Waals surface area contributed by atoms with E-state index < -0.39 is 0 Å². The number of anilines is 2. The van der Waals surface area contributed by atoms with Gasteiger partial charge in [0, 0.05) is 43.0 Å². The van der Waals surface area contributed by atoms with Crippen molar-refractivity contribution in [2.75, 3.05) is 12.4 Å². The molecular formula is C25H24N6O. The van der Waals surface area contributed by atoms with Crippen LogP contribution in [0.1, 0.15) is 5.82 Å². The number of fused-ring (bicyclic) bond motifs is 1. The fourth-order valence-corrected chi connectivity index (χ4v) is 3.82. The van der Waals surface area contributed by atoms with Crippen LogP contribution in [0.3, 0.4) is 0 Å². The smallest absolute Gasteiger partial charge is 0.143 e. The summed E-state index contributed by atoms with van der Waals surface area (Å²) >= 11 is 0. The molecule has 0 radical (unpaired) electrons. The molecule has 7 nitrogen and oxygen atoms in total. The summed E-state index contributed by atoms with van der Waals surface area (Å²) in [6, 6.07) is 14.5. The number of rotatable bonds is 5. The lowest BCUT2D eigenvalue weighted by Gasteiger charge is -2.13. The largest absolute Gasteiger partial charge is 0.495 e. The molecule has 2 aromatic carbocycles. The van der Waals surface area contributed by atoms with Crippen LogP contribution in [0.2, 0.25) is 0 Å². The summed E-state index contributed by atoms with van der Waals surface area (Å²) in [5.74, 6) is 2.46. The molecule has 32 heavy (non-hydrogen) atoms. The van der Waals surface area contributed by atoms with Gasteiger partial charge in [-0.15, -0.1) is 0 Å². The molecule has 0 saturated heterocycles. The van der Waals surface area contributed by atoms with E-state index in [1.54, 1.807) is 7.11 Å². The van der Waals surface area contributed by atoms with Gasteiger partial charge in [-0.25, -0.2) is 9.97 Å². The van der Waals surface area contributed by atoms with Gasteiger partial charge in [-0.3, -0.25) is 4.68 Å². The number of aromatic nitrogens is 5. The maximum absolute atomic E-state index is 5.66. The van der Waals surface area contributed by atoms with Gasteiger partial charge in [0.15, 0.2) is 0 Å². The van der Waals surface area contributed by atoms with Crippen LogP contribution in [0.25, 0.3) is 33.2 Å². The lowest BCUT2D eigenvalue weighted by atomic mass is 10.0. The van der Waals surface area contributed by atoms with Crippen molar-refractivity contribution in [3.05, 3.63) is 73.1 Å². The van der Waals surface area contributed by atoms with E-state index in [0.717, 1.165) is 56.2 Å². The Morgan fingerprint density at radius 3 is 2.41 bits per heavy atom. The van der Waals surface area contributed by atoms with Crippen LogP contribution >= 0.6 is 0 Å². The molecule has 5 aromatic rings. The first-order valence-electron chi connectivity index (χ1n) is 10.3. The number of methoxy groups -OCH3 is 1. The molecule has 0 fully saturated rings. The fourth-order valence-electron chi connectivity index (χ4n) is 3.82. The maximum atomic E-state index is 5.66.